The van der Waals surface area contributed by atoms with Crippen molar-refractivity contribution in [2.24, 2.45) is 0 Å². The molecule has 0 saturated carbocycles. The maximum Gasteiger partial charge on any atom is 0.358 e. The Morgan fingerprint density at radius 2 is 2.00 bits per heavy atom. The largest absolute Gasteiger partial charge is 0.461 e. The quantitative estimate of drug-likeness (QED) is 0.754. The molecule has 124 valence electrons. The van der Waals surface area contributed by atoms with Gasteiger partial charge in [-0.05, 0) is 19.9 Å². The summed E-state index contributed by atoms with van der Waals surface area (Å²) < 4.78 is 31.3. The number of H-pyrrole nitrogens is 1. The van der Waals surface area contributed by atoms with Crippen LogP contribution in [-0.4, -0.2) is 73.1 Å². The molecule has 0 spiro atoms. The Labute approximate surface area is 130 Å². The third kappa shape index (κ3) is 3.65. The predicted molar refractivity (Wildman–Crippen MR) is 80.0 cm³/mol. The van der Waals surface area contributed by atoms with E-state index in [0.29, 0.717) is 26.2 Å². The lowest BCUT2D eigenvalue weighted by atomic mass is 10.3. The van der Waals surface area contributed by atoms with Crippen molar-refractivity contribution in [1.82, 2.24) is 19.4 Å². The number of nitrogens with zero attached hydrogens (tertiary/aromatic N) is 3. The van der Waals surface area contributed by atoms with Crippen LogP contribution in [0.3, 0.4) is 0 Å². The lowest BCUT2D eigenvalue weighted by molar-refractivity contribution is 0.0519. The summed E-state index contributed by atoms with van der Waals surface area (Å²) in [5, 5.41) is 6.08. The number of esters is 1. The summed E-state index contributed by atoms with van der Waals surface area (Å²) in [4.78, 5) is 13.8. The van der Waals surface area contributed by atoms with Gasteiger partial charge in [0.05, 0.1) is 6.61 Å². The predicted octanol–water partition coefficient (Wildman–Crippen LogP) is 0.303. The third-order valence-corrected chi connectivity index (χ3v) is 5.34. The molecule has 0 radical (unpaired) electrons. The van der Waals surface area contributed by atoms with Crippen LogP contribution in [0.2, 0.25) is 0 Å². The lowest BCUT2D eigenvalue weighted by Gasteiger charge is -2.33. The lowest BCUT2D eigenvalue weighted by Crippen LogP contribution is -2.48. The Hall–Kier alpha value is -1.45. The Balaban J connectivity index is 2.06. The summed E-state index contributed by atoms with van der Waals surface area (Å²) in [5.74, 6) is -0.632. The summed E-state index contributed by atoms with van der Waals surface area (Å²) in [7, 11) is -3.65. The first-order valence-electron chi connectivity index (χ1n) is 7.44. The van der Waals surface area contributed by atoms with E-state index in [0.717, 1.165) is 13.0 Å². The molecule has 1 aliphatic rings. The zero-order chi connectivity index (χ0) is 16.2. The molecule has 2 rings (SSSR count). The molecular weight excluding hydrogens is 308 g/mol. The van der Waals surface area contributed by atoms with Crippen LogP contribution in [-0.2, 0) is 14.8 Å². The Morgan fingerprint density at radius 1 is 1.32 bits per heavy atom. The van der Waals surface area contributed by atoms with Crippen molar-refractivity contribution in [3.05, 3.63) is 11.8 Å². The number of hydrogen-bond acceptors (Lipinski definition) is 6. The van der Waals surface area contributed by atoms with Crippen LogP contribution in [0.4, 0.5) is 0 Å². The van der Waals surface area contributed by atoms with E-state index in [2.05, 4.69) is 22.0 Å². The fourth-order valence-electron chi connectivity index (χ4n) is 2.39. The van der Waals surface area contributed by atoms with E-state index in [1.54, 1.807) is 6.92 Å². The van der Waals surface area contributed by atoms with E-state index in [1.807, 2.05) is 0 Å². The number of aromatic amines is 1. The van der Waals surface area contributed by atoms with E-state index < -0.39 is 16.0 Å². The molecule has 0 unspecified atom stereocenters. The highest BCUT2D eigenvalue weighted by Crippen LogP contribution is 2.17. The van der Waals surface area contributed by atoms with Gasteiger partial charge in [-0.2, -0.15) is 9.40 Å². The van der Waals surface area contributed by atoms with Crippen molar-refractivity contribution in [3.8, 4) is 0 Å². The van der Waals surface area contributed by atoms with Crippen molar-refractivity contribution >= 4 is 16.0 Å². The summed E-state index contributed by atoms with van der Waals surface area (Å²) >= 11 is 0. The molecule has 1 aromatic heterocycles. The Morgan fingerprint density at radius 3 is 2.59 bits per heavy atom. The monoisotopic (exact) mass is 330 g/mol. The van der Waals surface area contributed by atoms with Crippen LogP contribution in [0, 0.1) is 0 Å². The van der Waals surface area contributed by atoms with E-state index in [1.165, 1.54) is 10.4 Å². The highest BCUT2D eigenvalue weighted by Gasteiger charge is 2.30. The molecule has 22 heavy (non-hydrogen) atoms. The van der Waals surface area contributed by atoms with Gasteiger partial charge >= 0.3 is 5.97 Å². The minimum atomic E-state index is -3.65. The number of nitrogens with one attached hydrogen (secondary N) is 1. The number of hydrogen-bond donors (Lipinski definition) is 1. The SMILES string of the molecule is CCCN1CCN(S(=O)(=O)c2cc(C(=O)OCC)n[nH]2)CC1. The van der Waals surface area contributed by atoms with E-state index >= 15 is 0 Å². The minimum Gasteiger partial charge on any atom is -0.461 e. The molecule has 8 nitrogen and oxygen atoms in total. The van der Waals surface area contributed by atoms with Crippen molar-refractivity contribution < 1.29 is 17.9 Å². The van der Waals surface area contributed by atoms with Gasteiger partial charge in [-0.25, -0.2) is 13.2 Å². The fourth-order valence-corrected chi connectivity index (χ4v) is 3.74. The number of rotatable bonds is 6. The van der Waals surface area contributed by atoms with Crippen LogP contribution < -0.4 is 0 Å². The first kappa shape index (κ1) is 16.9. The van der Waals surface area contributed by atoms with E-state index in [-0.39, 0.29) is 17.3 Å². The molecule has 1 N–H and O–H groups in total. The minimum absolute atomic E-state index is 0.0231. The first-order valence-corrected chi connectivity index (χ1v) is 8.88. The zero-order valence-corrected chi connectivity index (χ0v) is 13.7. The van der Waals surface area contributed by atoms with Crippen LogP contribution >= 0.6 is 0 Å². The standard InChI is InChI=1S/C13H22N4O4S/c1-3-5-16-6-8-17(9-7-16)22(19,20)12-10-11(14-15-12)13(18)21-4-2/h10H,3-9H2,1-2H3,(H,14,15). The second kappa shape index (κ2) is 7.21. The van der Waals surface area contributed by atoms with E-state index in [4.69, 9.17) is 4.74 Å². The molecule has 0 amide bonds. The first-order chi connectivity index (χ1) is 10.5. The number of carbonyl (C=O) groups is 1. The van der Waals surface area contributed by atoms with Gasteiger partial charge < -0.3 is 9.64 Å². The van der Waals surface area contributed by atoms with Crippen LogP contribution in [0.1, 0.15) is 30.8 Å². The number of sulfonamides is 1. The second-order valence-corrected chi connectivity index (χ2v) is 6.99. The topological polar surface area (TPSA) is 95.6 Å². The molecule has 0 atom stereocenters. The molecule has 0 bridgehead atoms. The van der Waals surface area contributed by atoms with Crippen molar-refractivity contribution in [2.75, 3.05) is 39.3 Å². The molecule has 2 heterocycles. The second-order valence-electron chi connectivity index (χ2n) is 5.08. The van der Waals surface area contributed by atoms with Crippen LogP contribution in [0.25, 0.3) is 0 Å². The maximum absolute atomic E-state index is 12.5. The van der Waals surface area contributed by atoms with Gasteiger partial charge in [-0.1, -0.05) is 6.92 Å². The third-order valence-electron chi connectivity index (χ3n) is 3.53. The molecule has 0 aromatic carbocycles. The Kier molecular flexibility index (Phi) is 5.54. The van der Waals surface area contributed by atoms with Crippen molar-refractivity contribution in [2.45, 2.75) is 25.3 Å². The molecule has 9 heteroatoms. The summed E-state index contributed by atoms with van der Waals surface area (Å²) in [5.41, 5.74) is -0.0231. The Bertz CT molecular complexity index is 605. The summed E-state index contributed by atoms with van der Waals surface area (Å²) in [6.45, 7) is 7.28. The van der Waals surface area contributed by atoms with Crippen LogP contribution in [0.15, 0.2) is 11.1 Å². The number of ether oxygens (including phenoxy) is 1. The summed E-state index contributed by atoms with van der Waals surface area (Å²) in [6, 6.07) is 1.23. The van der Waals surface area contributed by atoms with Gasteiger partial charge in [-0.3, -0.25) is 5.10 Å². The molecular formula is C13H22N4O4S. The normalized spacial score (nSPS) is 17.5. The molecule has 1 fully saturated rings. The number of piperazine rings is 1. The average Bonchev–Trinajstić information content (AvgIpc) is 2.99. The summed E-state index contributed by atoms with van der Waals surface area (Å²) in [6.07, 6.45) is 1.05. The fraction of sp³-hybridized carbons (Fsp3) is 0.692. The zero-order valence-electron chi connectivity index (χ0n) is 12.9. The van der Waals surface area contributed by atoms with Gasteiger partial charge in [0.25, 0.3) is 10.0 Å². The maximum atomic E-state index is 12.5. The molecule has 1 saturated heterocycles. The highest BCUT2D eigenvalue weighted by molar-refractivity contribution is 7.89. The molecule has 1 aliphatic heterocycles. The smallest absolute Gasteiger partial charge is 0.358 e. The van der Waals surface area contributed by atoms with Gasteiger partial charge in [0.1, 0.15) is 0 Å². The molecule has 0 aliphatic carbocycles. The van der Waals surface area contributed by atoms with Crippen molar-refractivity contribution in [3.63, 3.8) is 0 Å². The highest BCUT2D eigenvalue weighted by atomic mass is 32.2. The van der Waals surface area contributed by atoms with Gasteiger partial charge in [0.2, 0.25) is 0 Å². The number of aromatic nitrogens is 2. The van der Waals surface area contributed by atoms with Gasteiger partial charge in [0.15, 0.2) is 10.7 Å². The van der Waals surface area contributed by atoms with E-state index in [9.17, 15) is 13.2 Å². The van der Waals surface area contributed by atoms with Gasteiger partial charge in [-0.15, -0.1) is 0 Å². The van der Waals surface area contributed by atoms with Crippen LogP contribution in [0.5, 0.6) is 0 Å². The van der Waals surface area contributed by atoms with Gasteiger partial charge in [0, 0.05) is 32.2 Å². The van der Waals surface area contributed by atoms with Crippen molar-refractivity contribution in [1.29, 1.82) is 0 Å². The molecule has 1 aromatic rings. The number of carbonyl (C=O) groups excluding carboxylic acids is 1. The average molecular weight is 330 g/mol.